The monoisotopic (exact) mass is 429 g/mol. The maximum atomic E-state index is 12.5. The number of benzene rings is 2. The topological polar surface area (TPSA) is 87.3 Å². The van der Waals surface area contributed by atoms with Gasteiger partial charge in [-0.25, -0.2) is 13.1 Å². The van der Waals surface area contributed by atoms with E-state index in [2.05, 4.69) is 15.4 Å². The second kappa shape index (κ2) is 10.1. The Morgan fingerprint density at radius 3 is 2.33 bits per heavy atom. The zero-order chi connectivity index (χ0) is 21.6. The first-order valence-electron chi connectivity index (χ1n) is 10.6. The molecular weight excluding hydrogens is 398 g/mol. The van der Waals surface area contributed by atoms with Crippen LogP contribution in [0, 0.1) is 13.8 Å². The molecule has 3 N–H and O–H groups in total. The molecular formula is C23H31N3O3S. The molecule has 1 saturated carbocycles. The van der Waals surface area contributed by atoms with E-state index < -0.39 is 10.0 Å². The van der Waals surface area contributed by atoms with E-state index in [-0.39, 0.29) is 23.8 Å². The highest BCUT2D eigenvalue weighted by Gasteiger charge is 2.17. The molecule has 1 fully saturated rings. The van der Waals surface area contributed by atoms with E-state index in [0.717, 1.165) is 11.3 Å². The van der Waals surface area contributed by atoms with Crippen LogP contribution in [-0.2, 0) is 14.8 Å². The summed E-state index contributed by atoms with van der Waals surface area (Å²) in [6, 6.07) is 13.5. The van der Waals surface area contributed by atoms with Gasteiger partial charge in [0.15, 0.2) is 0 Å². The minimum atomic E-state index is -3.64. The van der Waals surface area contributed by atoms with E-state index in [4.69, 9.17) is 0 Å². The molecule has 0 atom stereocenters. The van der Waals surface area contributed by atoms with Crippen molar-refractivity contribution in [3.8, 4) is 0 Å². The fourth-order valence-corrected chi connectivity index (χ4v) is 5.09. The fraction of sp³-hybridized carbons (Fsp3) is 0.435. The van der Waals surface area contributed by atoms with Gasteiger partial charge in [-0.3, -0.25) is 4.79 Å². The van der Waals surface area contributed by atoms with Gasteiger partial charge in [0.1, 0.15) is 0 Å². The van der Waals surface area contributed by atoms with Crippen LogP contribution in [0.5, 0.6) is 0 Å². The van der Waals surface area contributed by atoms with Gasteiger partial charge in [-0.2, -0.15) is 0 Å². The zero-order valence-electron chi connectivity index (χ0n) is 17.7. The van der Waals surface area contributed by atoms with Crippen molar-refractivity contribution in [1.29, 1.82) is 0 Å². The van der Waals surface area contributed by atoms with Crippen molar-refractivity contribution < 1.29 is 13.2 Å². The van der Waals surface area contributed by atoms with E-state index in [1.807, 2.05) is 37.3 Å². The molecule has 162 valence electrons. The first-order chi connectivity index (χ1) is 14.3. The number of nitrogens with one attached hydrogen (secondary N) is 3. The van der Waals surface area contributed by atoms with Crippen LogP contribution in [0.2, 0.25) is 0 Å². The summed E-state index contributed by atoms with van der Waals surface area (Å²) in [5.41, 5.74) is 3.31. The minimum absolute atomic E-state index is 0.0445. The van der Waals surface area contributed by atoms with Crippen LogP contribution < -0.4 is 15.4 Å². The van der Waals surface area contributed by atoms with Crippen LogP contribution in [0.1, 0.15) is 49.7 Å². The number of anilines is 2. The summed E-state index contributed by atoms with van der Waals surface area (Å²) in [5.74, 6) is -0.230. The number of hydrogen-bond donors (Lipinski definition) is 3. The number of sulfonamides is 1. The highest BCUT2D eigenvalue weighted by Crippen LogP contribution is 2.22. The SMILES string of the molecule is Cc1ccc(C)c(S(=O)(=O)NCCC(=O)Nc2ccc(NC3CCCCC3)cc2)c1. The van der Waals surface area contributed by atoms with Crippen molar-refractivity contribution in [2.24, 2.45) is 0 Å². The standard InChI is InChI=1S/C23H31N3O3S/c1-17-8-9-18(2)22(16-17)30(28,29)24-15-14-23(27)26-21-12-10-20(11-13-21)25-19-6-4-3-5-7-19/h8-13,16,19,24-25H,3-7,14-15H2,1-2H3,(H,26,27). The van der Waals surface area contributed by atoms with Crippen LogP contribution in [0.25, 0.3) is 0 Å². The Hall–Kier alpha value is -2.38. The first-order valence-corrected chi connectivity index (χ1v) is 12.1. The molecule has 30 heavy (non-hydrogen) atoms. The number of carbonyl (C=O) groups is 1. The lowest BCUT2D eigenvalue weighted by molar-refractivity contribution is -0.116. The largest absolute Gasteiger partial charge is 0.382 e. The summed E-state index contributed by atoms with van der Waals surface area (Å²) in [6.07, 6.45) is 6.35. The quantitative estimate of drug-likeness (QED) is 0.582. The molecule has 0 aliphatic heterocycles. The molecule has 1 aliphatic rings. The van der Waals surface area contributed by atoms with E-state index in [1.165, 1.54) is 32.1 Å². The second-order valence-electron chi connectivity index (χ2n) is 8.02. The predicted molar refractivity (Wildman–Crippen MR) is 121 cm³/mol. The molecule has 0 radical (unpaired) electrons. The van der Waals surface area contributed by atoms with Gasteiger partial charge in [0.2, 0.25) is 15.9 Å². The Morgan fingerprint density at radius 1 is 0.967 bits per heavy atom. The van der Waals surface area contributed by atoms with Crippen molar-refractivity contribution in [3.05, 3.63) is 53.6 Å². The predicted octanol–water partition coefficient (Wildman–Crippen LogP) is 4.36. The van der Waals surface area contributed by atoms with Crippen LogP contribution in [0.15, 0.2) is 47.4 Å². The molecule has 6 nitrogen and oxygen atoms in total. The molecule has 0 aromatic heterocycles. The molecule has 3 rings (SSSR count). The average molecular weight is 430 g/mol. The smallest absolute Gasteiger partial charge is 0.240 e. The first kappa shape index (κ1) is 22.3. The van der Waals surface area contributed by atoms with Gasteiger partial charge in [0, 0.05) is 30.4 Å². The molecule has 0 spiro atoms. The second-order valence-corrected chi connectivity index (χ2v) is 9.76. The van der Waals surface area contributed by atoms with Crippen molar-refractivity contribution in [3.63, 3.8) is 0 Å². The summed E-state index contributed by atoms with van der Waals surface area (Å²) < 4.78 is 27.5. The van der Waals surface area contributed by atoms with Crippen molar-refractivity contribution in [2.75, 3.05) is 17.2 Å². The lowest BCUT2D eigenvalue weighted by Crippen LogP contribution is -2.28. The number of carbonyl (C=O) groups excluding carboxylic acids is 1. The molecule has 2 aromatic rings. The fourth-order valence-electron chi connectivity index (χ4n) is 3.73. The molecule has 2 aromatic carbocycles. The third-order valence-corrected chi connectivity index (χ3v) is 7.02. The lowest BCUT2D eigenvalue weighted by Gasteiger charge is -2.23. The van der Waals surface area contributed by atoms with Crippen molar-refractivity contribution >= 4 is 27.3 Å². The summed E-state index contributed by atoms with van der Waals surface area (Å²) in [5, 5.41) is 6.36. The highest BCUT2D eigenvalue weighted by atomic mass is 32.2. The van der Waals surface area contributed by atoms with Gasteiger partial charge in [0.05, 0.1) is 4.90 Å². The van der Waals surface area contributed by atoms with E-state index in [0.29, 0.717) is 17.3 Å². The Labute approximate surface area is 179 Å². The Balaban J connectivity index is 1.46. The number of hydrogen-bond acceptors (Lipinski definition) is 4. The summed E-state index contributed by atoms with van der Waals surface area (Å²) >= 11 is 0. The van der Waals surface area contributed by atoms with Gasteiger partial charge >= 0.3 is 0 Å². The molecule has 1 aliphatic carbocycles. The maximum absolute atomic E-state index is 12.5. The summed E-state index contributed by atoms with van der Waals surface area (Å²) in [7, 11) is -3.64. The van der Waals surface area contributed by atoms with Gasteiger partial charge in [-0.15, -0.1) is 0 Å². The molecule has 1 amide bonds. The molecule has 0 unspecified atom stereocenters. The van der Waals surface area contributed by atoms with Gasteiger partial charge < -0.3 is 10.6 Å². The summed E-state index contributed by atoms with van der Waals surface area (Å²) in [4.78, 5) is 12.4. The van der Waals surface area contributed by atoms with Gasteiger partial charge in [0.25, 0.3) is 0 Å². The average Bonchev–Trinajstić information content (AvgIpc) is 2.72. The number of amides is 1. The molecule has 0 heterocycles. The van der Waals surface area contributed by atoms with Gasteiger partial charge in [-0.05, 0) is 68.1 Å². The van der Waals surface area contributed by atoms with Crippen LogP contribution in [0.3, 0.4) is 0 Å². The third kappa shape index (κ3) is 6.31. The summed E-state index contributed by atoms with van der Waals surface area (Å²) in [6.45, 7) is 3.65. The zero-order valence-corrected chi connectivity index (χ0v) is 18.5. The van der Waals surface area contributed by atoms with E-state index in [1.54, 1.807) is 19.1 Å². The van der Waals surface area contributed by atoms with Crippen LogP contribution in [-0.4, -0.2) is 26.9 Å². The highest BCUT2D eigenvalue weighted by molar-refractivity contribution is 7.89. The number of rotatable bonds is 8. The maximum Gasteiger partial charge on any atom is 0.240 e. The Bertz CT molecular complexity index is 966. The van der Waals surface area contributed by atoms with E-state index in [9.17, 15) is 13.2 Å². The third-order valence-electron chi connectivity index (χ3n) is 5.42. The lowest BCUT2D eigenvalue weighted by atomic mass is 9.95. The van der Waals surface area contributed by atoms with E-state index >= 15 is 0 Å². The van der Waals surface area contributed by atoms with Crippen molar-refractivity contribution in [2.45, 2.75) is 63.3 Å². The Kier molecular flexibility index (Phi) is 7.50. The van der Waals surface area contributed by atoms with Crippen LogP contribution in [0.4, 0.5) is 11.4 Å². The number of aryl methyl sites for hydroxylation is 2. The van der Waals surface area contributed by atoms with Gasteiger partial charge in [-0.1, -0.05) is 31.4 Å². The minimum Gasteiger partial charge on any atom is -0.382 e. The molecule has 0 bridgehead atoms. The van der Waals surface area contributed by atoms with Crippen molar-refractivity contribution in [1.82, 2.24) is 4.72 Å². The molecule has 0 saturated heterocycles. The molecule has 7 heteroatoms. The Morgan fingerprint density at radius 2 is 1.63 bits per heavy atom. The van der Waals surface area contributed by atoms with Crippen LogP contribution >= 0.6 is 0 Å². The normalized spacial score (nSPS) is 15.0.